The van der Waals surface area contributed by atoms with Gasteiger partial charge in [0.25, 0.3) is 0 Å². The van der Waals surface area contributed by atoms with Gasteiger partial charge in [0, 0.05) is 0 Å². The van der Waals surface area contributed by atoms with Crippen molar-refractivity contribution in [2.45, 2.75) is 114 Å². The van der Waals surface area contributed by atoms with Gasteiger partial charge in [-0.15, -0.1) is 0 Å². The molecule has 0 aromatic heterocycles. The van der Waals surface area contributed by atoms with Gasteiger partial charge in [-0.2, -0.15) is 0 Å². The van der Waals surface area contributed by atoms with Crippen molar-refractivity contribution in [1.29, 1.82) is 0 Å². The molecule has 0 radical (unpaired) electrons. The average Bonchev–Trinajstić information content (AvgIpc) is 2.84. The minimum absolute atomic E-state index is 0. The summed E-state index contributed by atoms with van der Waals surface area (Å²) in [6.07, 6.45) is 19.6. The van der Waals surface area contributed by atoms with Gasteiger partial charge >= 0.3 is 0 Å². The first-order chi connectivity index (χ1) is 12.5. The molecule has 0 aliphatic heterocycles. The van der Waals surface area contributed by atoms with Crippen LogP contribution in [-0.2, 0) is 0 Å². The third kappa shape index (κ3) is 11.0. The second-order valence-corrected chi connectivity index (χ2v) is 8.35. The number of fused-ring (bicyclic) bond motifs is 1. The fourth-order valence-corrected chi connectivity index (χ4v) is 3.58. The van der Waals surface area contributed by atoms with Crippen molar-refractivity contribution in [3.05, 3.63) is 35.5 Å². The lowest BCUT2D eigenvalue weighted by atomic mass is 9.48. The number of hydrogen-bond donors (Lipinski definition) is 0. The largest absolute Gasteiger partial charge is 0.0805 e. The molecule has 0 nitrogen and oxygen atoms in total. The van der Waals surface area contributed by atoms with Crippen LogP contribution in [0.15, 0.2) is 35.5 Å². The Morgan fingerprint density at radius 2 is 1.19 bits per heavy atom. The molecular formula is C27H52. The normalized spacial score (nSPS) is 26.8. The van der Waals surface area contributed by atoms with E-state index in [9.17, 15) is 0 Å². The standard InChI is InChI=1S/C9H16.C9H12.2C4H10.CH4/c1-3-7-5-8-6(2)4-9(7)8;1-8-6-4-3-5-7-9(8)2;2*1-3-4-2;/h6-9H,3-5H2,1-2H3;4-7H,3H2,1-2H3;2*3-4H2,1-2H3;1H4. The molecule has 0 aromatic carbocycles. The van der Waals surface area contributed by atoms with Gasteiger partial charge < -0.3 is 0 Å². The quantitative estimate of drug-likeness (QED) is 0.459. The molecule has 0 spiro atoms. The van der Waals surface area contributed by atoms with Crippen molar-refractivity contribution in [3.8, 4) is 0 Å². The van der Waals surface area contributed by atoms with Gasteiger partial charge in [0.15, 0.2) is 0 Å². The van der Waals surface area contributed by atoms with E-state index in [2.05, 4.69) is 79.7 Å². The van der Waals surface area contributed by atoms with Gasteiger partial charge in [-0.1, -0.05) is 105 Å². The molecule has 0 N–H and O–H groups in total. The van der Waals surface area contributed by atoms with Crippen molar-refractivity contribution >= 4 is 0 Å². The molecule has 27 heavy (non-hydrogen) atoms. The molecular weight excluding hydrogens is 324 g/mol. The van der Waals surface area contributed by atoms with Crippen molar-refractivity contribution in [2.24, 2.45) is 23.7 Å². The zero-order chi connectivity index (χ0) is 19.9. The molecule has 4 unspecified atom stereocenters. The Labute approximate surface area is 173 Å². The summed E-state index contributed by atoms with van der Waals surface area (Å²) in [6, 6.07) is 0. The number of unbranched alkanes of at least 4 members (excludes halogenated alkanes) is 2. The first-order valence-corrected chi connectivity index (χ1v) is 11.5. The van der Waals surface area contributed by atoms with Crippen LogP contribution in [-0.4, -0.2) is 0 Å². The highest BCUT2D eigenvalue weighted by molar-refractivity contribution is 5.32. The molecule has 0 heteroatoms. The molecule has 0 bridgehead atoms. The maximum absolute atomic E-state index is 2.41. The maximum Gasteiger partial charge on any atom is -0.0163 e. The predicted molar refractivity (Wildman–Crippen MR) is 128 cm³/mol. The molecule has 2 fully saturated rings. The summed E-state index contributed by atoms with van der Waals surface area (Å²) < 4.78 is 0. The summed E-state index contributed by atoms with van der Waals surface area (Å²) in [5, 5.41) is 0. The highest BCUT2D eigenvalue weighted by Crippen LogP contribution is 2.58. The minimum atomic E-state index is 0. The second kappa shape index (κ2) is 17.3. The van der Waals surface area contributed by atoms with Gasteiger partial charge in [0.1, 0.15) is 0 Å². The minimum Gasteiger partial charge on any atom is -0.0805 e. The number of allylic oxidation sites excluding steroid dienone is 6. The van der Waals surface area contributed by atoms with Crippen molar-refractivity contribution in [2.75, 3.05) is 0 Å². The van der Waals surface area contributed by atoms with E-state index in [0.717, 1.165) is 24.2 Å². The highest BCUT2D eigenvalue weighted by atomic mass is 14.5. The molecule has 3 rings (SSSR count). The van der Waals surface area contributed by atoms with Crippen LogP contribution in [0.1, 0.15) is 114 Å². The van der Waals surface area contributed by atoms with Gasteiger partial charge in [-0.05, 0) is 67.9 Å². The van der Waals surface area contributed by atoms with Gasteiger partial charge in [-0.3, -0.25) is 0 Å². The van der Waals surface area contributed by atoms with E-state index in [1.54, 1.807) is 12.8 Å². The van der Waals surface area contributed by atoms with E-state index in [0.29, 0.717) is 0 Å². The zero-order valence-electron chi connectivity index (χ0n) is 19.3. The van der Waals surface area contributed by atoms with Crippen LogP contribution >= 0.6 is 0 Å². The third-order valence-corrected chi connectivity index (χ3v) is 6.26. The van der Waals surface area contributed by atoms with Crippen LogP contribution in [0, 0.1) is 23.7 Å². The van der Waals surface area contributed by atoms with Crippen LogP contribution in [0.4, 0.5) is 0 Å². The summed E-state index contributed by atoms with van der Waals surface area (Å²) in [4.78, 5) is 0. The SMILES string of the molecule is C.CC1=C(C)C=CCC=C1.CCC1CC2C(C)CC12.CCCC.CCCC. The number of rotatable bonds is 3. The molecule has 2 saturated carbocycles. The zero-order valence-corrected chi connectivity index (χ0v) is 19.3. The Kier molecular flexibility index (Phi) is 18.2. The van der Waals surface area contributed by atoms with Crippen molar-refractivity contribution in [3.63, 3.8) is 0 Å². The molecule has 0 heterocycles. The molecule has 0 amide bonds. The first-order valence-electron chi connectivity index (χ1n) is 11.5. The Balaban J connectivity index is 0. The second-order valence-electron chi connectivity index (χ2n) is 8.35. The topological polar surface area (TPSA) is 0 Å². The van der Waals surface area contributed by atoms with Crippen molar-refractivity contribution in [1.82, 2.24) is 0 Å². The lowest BCUT2D eigenvalue weighted by Crippen LogP contribution is -2.49. The summed E-state index contributed by atoms with van der Waals surface area (Å²) in [7, 11) is 0. The Hall–Kier alpha value is -0.780. The van der Waals surface area contributed by atoms with E-state index in [-0.39, 0.29) is 7.43 Å². The van der Waals surface area contributed by atoms with Gasteiger partial charge in [0.2, 0.25) is 0 Å². The van der Waals surface area contributed by atoms with E-state index < -0.39 is 0 Å². The summed E-state index contributed by atoms with van der Waals surface area (Å²) in [5.74, 6) is 4.55. The van der Waals surface area contributed by atoms with E-state index >= 15 is 0 Å². The molecule has 0 saturated heterocycles. The summed E-state index contributed by atoms with van der Waals surface area (Å²) in [5.41, 5.74) is 2.76. The van der Waals surface area contributed by atoms with Crippen LogP contribution < -0.4 is 0 Å². The van der Waals surface area contributed by atoms with Crippen LogP contribution in [0.25, 0.3) is 0 Å². The fourth-order valence-electron chi connectivity index (χ4n) is 3.58. The smallest absolute Gasteiger partial charge is 0.0163 e. The van der Waals surface area contributed by atoms with Crippen LogP contribution in [0.3, 0.4) is 0 Å². The van der Waals surface area contributed by atoms with Gasteiger partial charge in [-0.25, -0.2) is 0 Å². The molecule has 4 atom stereocenters. The Morgan fingerprint density at radius 1 is 0.741 bits per heavy atom. The third-order valence-electron chi connectivity index (χ3n) is 6.26. The van der Waals surface area contributed by atoms with E-state index in [1.165, 1.54) is 49.2 Å². The van der Waals surface area contributed by atoms with Crippen LogP contribution in [0.2, 0.25) is 0 Å². The number of hydrogen-bond acceptors (Lipinski definition) is 0. The molecule has 0 aromatic rings. The first kappa shape index (κ1) is 28.4. The monoisotopic (exact) mass is 376 g/mol. The molecule has 3 aliphatic rings. The lowest BCUT2D eigenvalue weighted by molar-refractivity contribution is -0.0800. The Morgan fingerprint density at radius 3 is 1.44 bits per heavy atom. The van der Waals surface area contributed by atoms with Gasteiger partial charge in [0.05, 0.1) is 0 Å². The fraction of sp³-hybridized carbons (Fsp3) is 0.778. The summed E-state index contributed by atoms with van der Waals surface area (Å²) in [6.45, 7) is 17.7. The van der Waals surface area contributed by atoms with Crippen LogP contribution in [0.5, 0.6) is 0 Å². The predicted octanol–water partition coefficient (Wildman–Crippen LogP) is 9.78. The highest BCUT2D eigenvalue weighted by Gasteiger charge is 2.50. The average molecular weight is 377 g/mol. The molecule has 3 aliphatic carbocycles. The van der Waals surface area contributed by atoms with E-state index in [1.807, 2.05) is 0 Å². The lowest BCUT2D eigenvalue weighted by Gasteiger charge is -2.57. The Bertz CT molecular complexity index is 391. The maximum atomic E-state index is 2.41. The van der Waals surface area contributed by atoms with E-state index in [4.69, 9.17) is 0 Å². The molecule has 160 valence electrons. The summed E-state index contributed by atoms with van der Waals surface area (Å²) >= 11 is 0. The van der Waals surface area contributed by atoms with Crippen molar-refractivity contribution < 1.29 is 0 Å².